The maximum absolute atomic E-state index is 13.2. The Balaban J connectivity index is 1.86. The first-order valence-electron chi connectivity index (χ1n) is 9.80. The number of nitriles is 1. The lowest BCUT2D eigenvalue weighted by Crippen LogP contribution is -2.08. The van der Waals surface area contributed by atoms with Gasteiger partial charge >= 0.3 is 0 Å². The molecule has 2 aromatic carbocycles. The van der Waals surface area contributed by atoms with Gasteiger partial charge in [0.1, 0.15) is 35.5 Å². The third-order valence-electron chi connectivity index (χ3n) is 4.54. The number of carbonyl (C=O) groups excluding carboxylic acids is 1. The van der Waals surface area contributed by atoms with Crippen LogP contribution in [0.15, 0.2) is 66.0 Å². The van der Waals surface area contributed by atoms with Crippen molar-refractivity contribution in [2.75, 3.05) is 25.8 Å². The van der Waals surface area contributed by atoms with E-state index in [-0.39, 0.29) is 23.9 Å². The highest BCUT2D eigenvalue weighted by Gasteiger charge is 2.18. The highest BCUT2D eigenvalue weighted by molar-refractivity contribution is 8.02. The first-order chi connectivity index (χ1) is 16.1. The molecular formula is C24H22N4O4S. The number of carbonyl (C=O) groups is 1. The first-order valence-corrected chi connectivity index (χ1v) is 11.0. The lowest BCUT2D eigenvalue weighted by Gasteiger charge is -2.14. The van der Waals surface area contributed by atoms with Crippen LogP contribution in [-0.2, 0) is 6.61 Å². The van der Waals surface area contributed by atoms with Crippen LogP contribution in [0.25, 0.3) is 0 Å². The molecule has 1 aromatic heterocycles. The van der Waals surface area contributed by atoms with Crippen molar-refractivity contribution in [3.8, 4) is 23.3 Å². The average Bonchev–Trinajstić information content (AvgIpc) is 2.87. The van der Waals surface area contributed by atoms with E-state index in [1.165, 1.54) is 37.3 Å². The Morgan fingerprint density at radius 3 is 2.48 bits per heavy atom. The van der Waals surface area contributed by atoms with Crippen LogP contribution in [0, 0.1) is 11.3 Å². The number of hydrogen-bond acceptors (Lipinski definition) is 9. The molecule has 0 saturated carbocycles. The molecule has 0 bridgehead atoms. The Morgan fingerprint density at radius 2 is 1.82 bits per heavy atom. The van der Waals surface area contributed by atoms with Crippen molar-refractivity contribution in [1.82, 2.24) is 9.97 Å². The summed E-state index contributed by atoms with van der Waals surface area (Å²) in [5.41, 5.74) is 1.35. The molecule has 9 heteroatoms. The number of methoxy groups -OCH3 is 2. The number of ether oxygens (including phenoxy) is 3. The molecule has 0 amide bonds. The van der Waals surface area contributed by atoms with Gasteiger partial charge in [0.25, 0.3) is 0 Å². The fourth-order valence-electron chi connectivity index (χ4n) is 2.89. The van der Waals surface area contributed by atoms with E-state index in [0.29, 0.717) is 22.1 Å². The van der Waals surface area contributed by atoms with Gasteiger partial charge in [0.2, 0.25) is 0 Å². The Kier molecular flexibility index (Phi) is 8.27. The van der Waals surface area contributed by atoms with Gasteiger partial charge in [-0.15, -0.1) is 11.8 Å². The van der Waals surface area contributed by atoms with Gasteiger partial charge in [-0.3, -0.25) is 4.79 Å². The molecule has 0 radical (unpaired) electrons. The zero-order chi connectivity index (χ0) is 23.6. The molecule has 33 heavy (non-hydrogen) atoms. The predicted molar refractivity (Wildman–Crippen MR) is 127 cm³/mol. The number of allylic oxidation sites excluding steroid dienone is 1. The fraction of sp³-hybridized carbons (Fsp3) is 0.167. The van der Waals surface area contributed by atoms with Gasteiger partial charge in [0.05, 0.1) is 19.2 Å². The topological polar surface area (TPSA) is 106 Å². The molecule has 8 nitrogen and oxygen atoms in total. The number of aromatic nitrogens is 2. The highest BCUT2D eigenvalue weighted by Crippen LogP contribution is 2.31. The van der Waals surface area contributed by atoms with Gasteiger partial charge in [0, 0.05) is 18.5 Å². The third-order valence-corrected chi connectivity index (χ3v) is 5.20. The van der Waals surface area contributed by atoms with Crippen LogP contribution in [0.2, 0.25) is 0 Å². The second kappa shape index (κ2) is 11.5. The van der Waals surface area contributed by atoms with Crippen LogP contribution in [0.3, 0.4) is 0 Å². The van der Waals surface area contributed by atoms with Crippen LogP contribution in [0.5, 0.6) is 17.2 Å². The minimum atomic E-state index is -0.323. The van der Waals surface area contributed by atoms with Gasteiger partial charge in [-0.1, -0.05) is 18.2 Å². The molecule has 0 aliphatic rings. The molecule has 3 aromatic rings. The second-order valence-electron chi connectivity index (χ2n) is 6.54. The van der Waals surface area contributed by atoms with Crippen molar-refractivity contribution in [3.05, 3.63) is 82.8 Å². The minimum absolute atomic E-state index is 0.130. The van der Waals surface area contributed by atoms with Crippen molar-refractivity contribution in [2.24, 2.45) is 0 Å². The van der Waals surface area contributed by atoms with E-state index in [0.717, 1.165) is 11.3 Å². The molecule has 3 rings (SSSR count). The summed E-state index contributed by atoms with van der Waals surface area (Å²) in [6.45, 7) is 0.264. The summed E-state index contributed by atoms with van der Waals surface area (Å²) >= 11 is 1.30. The molecule has 0 spiro atoms. The number of thioether (sulfide) groups is 1. The zero-order valence-corrected chi connectivity index (χ0v) is 19.2. The molecule has 0 aliphatic carbocycles. The van der Waals surface area contributed by atoms with Crippen LogP contribution < -0.4 is 19.5 Å². The van der Waals surface area contributed by atoms with Crippen molar-refractivity contribution in [2.45, 2.75) is 6.61 Å². The van der Waals surface area contributed by atoms with Gasteiger partial charge in [-0.25, -0.2) is 9.97 Å². The van der Waals surface area contributed by atoms with Gasteiger partial charge < -0.3 is 19.5 Å². The number of ketones is 1. The first kappa shape index (κ1) is 23.6. The smallest absolute Gasteiger partial charge is 0.195 e. The Labute approximate surface area is 196 Å². The summed E-state index contributed by atoms with van der Waals surface area (Å²) in [4.78, 5) is 21.3. The van der Waals surface area contributed by atoms with Crippen molar-refractivity contribution >= 4 is 23.4 Å². The quantitative estimate of drug-likeness (QED) is 0.345. The van der Waals surface area contributed by atoms with Crippen LogP contribution in [0.4, 0.5) is 5.82 Å². The van der Waals surface area contributed by atoms with Crippen molar-refractivity contribution in [3.63, 3.8) is 0 Å². The van der Waals surface area contributed by atoms with Gasteiger partial charge in [-0.05, 0) is 36.1 Å². The van der Waals surface area contributed by atoms with Crippen LogP contribution >= 0.6 is 11.8 Å². The number of rotatable bonds is 10. The largest absolute Gasteiger partial charge is 0.497 e. The molecule has 1 N–H and O–H groups in total. The Hall–Kier alpha value is -4.03. The third kappa shape index (κ3) is 6.02. The van der Waals surface area contributed by atoms with Gasteiger partial charge in [-0.2, -0.15) is 5.26 Å². The molecule has 0 unspecified atom stereocenters. The van der Waals surface area contributed by atoms with Gasteiger partial charge in [0.15, 0.2) is 17.3 Å². The highest BCUT2D eigenvalue weighted by atomic mass is 32.2. The van der Waals surface area contributed by atoms with E-state index >= 15 is 0 Å². The summed E-state index contributed by atoms with van der Waals surface area (Å²) in [7, 11) is 3.10. The summed E-state index contributed by atoms with van der Waals surface area (Å²) in [6.07, 6.45) is 6.11. The lowest BCUT2D eigenvalue weighted by molar-refractivity contribution is 0.103. The van der Waals surface area contributed by atoms with E-state index in [1.54, 1.807) is 31.6 Å². The van der Waals surface area contributed by atoms with Crippen LogP contribution in [0.1, 0.15) is 21.6 Å². The monoisotopic (exact) mass is 462 g/mol. The summed E-state index contributed by atoms with van der Waals surface area (Å²) in [5.74, 6) is 1.48. The normalized spacial score (nSPS) is 10.8. The minimum Gasteiger partial charge on any atom is -0.497 e. The van der Waals surface area contributed by atoms with E-state index in [9.17, 15) is 10.1 Å². The van der Waals surface area contributed by atoms with E-state index < -0.39 is 0 Å². The number of anilines is 1. The summed E-state index contributed by atoms with van der Waals surface area (Å²) in [5, 5.41) is 12.7. The molecule has 1 heterocycles. The van der Waals surface area contributed by atoms with Crippen molar-refractivity contribution < 1.29 is 19.0 Å². The molecule has 168 valence electrons. The maximum Gasteiger partial charge on any atom is 0.195 e. The Bertz CT molecular complexity index is 1190. The molecule has 0 atom stereocenters. The zero-order valence-electron chi connectivity index (χ0n) is 18.4. The van der Waals surface area contributed by atoms with E-state index in [4.69, 9.17) is 14.2 Å². The Morgan fingerprint density at radius 1 is 1.09 bits per heavy atom. The number of nitrogens with one attached hydrogen (secondary N) is 1. The lowest BCUT2D eigenvalue weighted by atomic mass is 10.1. The van der Waals surface area contributed by atoms with E-state index in [1.807, 2.05) is 30.3 Å². The van der Waals surface area contributed by atoms with Crippen molar-refractivity contribution in [1.29, 1.82) is 5.26 Å². The van der Waals surface area contributed by atoms with Crippen LogP contribution in [-0.4, -0.2) is 36.2 Å². The fourth-order valence-corrected chi connectivity index (χ4v) is 3.32. The molecule has 0 fully saturated rings. The summed E-state index contributed by atoms with van der Waals surface area (Å²) in [6, 6.07) is 14.6. The average molecular weight is 463 g/mol. The number of benzene rings is 2. The standard InChI is InChI=1S/C24H22N4O4S/c1-30-17-9-7-16(8-10-17)15-32-21-6-4-5-20(31-2)23(21)19(29)13-22(33-3)28-24-18(14-25)26-11-12-27-24/h4-13H,15H2,1-3H3,(H,27,28)/b22-13+. The maximum atomic E-state index is 13.2. The predicted octanol–water partition coefficient (Wildman–Crippen LogP) is 4.44. The summed E-state index contributed by atoms with van der Waals surface area (Å²) < 4.78 is 16.6. The molecule has 0 saturated heterocycles. The number of hydrogen-bond donors (Lipinski definition) is 1. The molecular weight excluding hydrogens is 440 g/mol. The SMILES string of the molecule is COc1ccc(COc2cccc(OC)c2C(=O)/C=C(\Nc2nccnc2C#N)SC)cc1. The number of nitrogens with zero attached hydrogens (tertiary/aromatic N) is 3. The second-order valence-corrected chi connectivity index (χ2v) is 7.39. The van der Waals surface area contributed by atoms with E-state index in [2.05, 4.69) is 15.3 Å². The molecule has 0 aliphatic heterocycles.